The minimum Gasteiger partial charge on any atom is -0.417 e. The molecule has 1 N–H and O–H groups in total. The summed E-state index contributed by atoms with van der Waals surface area (Å²) in [5.41, 5.74) is 2.60. The molecule has 1 aliphatic carbocycles. The molecule has 0 amide bonds. The van der Waals surface area contributed by atoms with E-state index in [4.69, 9.17) is 4.43 Å². The van der Waals surface area contributed by atoms with Gasteiger partial charge >= 0.3 is 0 Å². The smallest absolute Gasteiger partial charge is 0.191 e. The van der Waals surface area contributed by atoms with Crippen LogP contribution in [0.3, 0.4) is 0 Å². The summed E-state index contributed by atoms with van der Waals surface area (Å²) in [5.74, 6) is 3.78. The maximum Gasteiger partial charge on any atom is 0.191 e. The molecule has 0 unspecified atom stereocenters. The van der Waals surface area contributed by atoms with Gasteiger partial charge in [-0.05, 0) is 49.7 Å². The third-order valence-corrected chi connectivity index (χ3v) is 10.5. The molecule has 0 aliphatic heterocycles. The highest BCUT2D eigenvalue weighted by atomic mass is 28.4. The van der Waals surface area contributed by atoms with Gasteiger partial charge in [-0.1, -0.05) is 46.3 Å². The van der Waals surface area contributed by atoms with Crippen molar-refractivity contribution in [2.24, 2.45) is 5.92 Å². The second-order valence-corrected chi connectivity index (χ2v) is 19.1. The Hall–Kier alpha value is -0.0862. The fraction of sp³-hybridized carbons (Fsp3) is 0.889. The maximum atomic E-state index is 10.6. The minimum atomic E-state index is -1.65. The van der Waals surface area contributed by atoms with Gasteiger partial charge in [0.25, 0.3) is 0 Å². The van der Waals surface area contributed by atoms with Crippen LogP contribution in [0.2, 0.25) is 37.8 Å². The molecule has 22 heavy (non-hydrogen) atoms. The Labute approximate surface area is 140 Å². The van der Waals surface area contributed by atoms with Crippen LogP contribution in [0, 0.1) is 17.4 Å². The van der Waals surface area contributed by atoms with Crippen LogP contribution in [0.15, 0.2) is 0 Å². The highest BCUT2D eigenvalue weighted by Gasteiger charge is 2.38. The van der Waals surface area contributed by atoms with E-state index in [1.165, 1.54) is 0 Å². The number of rotatable bonds is 3. The average Bonchev–Trinajstić information content (AvgIpc) is 2.34. The van der Waals surface area contributed by atoms with Crippen LogP contribution < -0.4 is 0 Å². The summed E-state index contributed by atoms with van der Waals surface area (Å²) in [7, 11) is -3.06. The topological polar surface area (TPSA) is 29.5 Å². The van der Waals surface area contributed by atoms with Gasteiger partial charge in [0.1, 0.15) is 13.7 Å². The van der Waals surface area contributed by atoms with Gasteiger partial charge in [-0.25, -0.2) is 0 Å². The number of aliphatic hydroxyl groups is 1. The average molecular weight is 341 g/mol. The normalized spacial score (nSPS) is 27.2. The molecule has 128 valence electrons. The van der Waals surface area contributed by atoms with Crippen molar-refractivity contribution in [3.63, 3.8) is 0 Å². The summed E-state index contributed by atoms with van der Waals surface area (Å²) in [5, 5.41) is 10.9. The second-order valence-electron chi connectivity index (χ2n) is 9.55. The lowest BCUT2D eigenvalue weighted by Gasteiger charge is -2.39. The molecule has 1 saturated carbocycles. The third kappa shape index (κ3) is 6.19. The fourth-order valence-electron chi connectivity index (χ4n) is 2.29. The van der Waals surface area contributed by atoms with Crippen molar-refractivity contribution < 1.29 is 9.53 Å². The standard InChI is InChI=1S/C18H36O2Si2/c1-17(2,3)22(7,8)20-15-16-9-11-18(19,12-10-16)13-14-21(4,5)6/h16,19H,9-12,15H2,1-8H3. The Morgan fingerprint density at radius 3 is 2.00 bits per heavy atom. The monoisotopic (exact) mass is 340 g/mol. The Bertz CT molecular complexity index is 425. The molecule has 1 rings (SSSR count). The Morgan fingerprint density at radius 2 is 1.59 bits per heavy atom. The van der Waals surface area contributed by atoms with Gasteiger partial charge in [-0.2, -0.15) is 0 Å². The molecule has 0 aromatic rings. The minimum absolute atomic E-state index is 0.269. The second kappa shape index (κ2) is 6.80. The summed E-state index contributed by atoms with van der Waals surface area (Å²) in [6, 6.07) is 0. The molecule has 0 spiro atoms. The molecule has 0 heterocycles. The van der Waals surface area contributed by atoms with Crippen LogP contribution in [0.5, 0.6) is 0 Å². The van der Waals surface area contributed by atoms with E-state index >= 15 is 0 Å². The predicted octanol–water partition coefficient (Wildman–Crippen LogP) is 4.81. The zero-order chi connectivity index (χ0) is 17.2. The highest BCUT2D eigenvalue weighted by molar-refractivity contribution is 6.83. The maximum absolute atomic E-state index is 10.6. The van der Waals surface area contributed by atoms with E-state index in [0.717, 1.165) is 32.3 Å². The summed E-state index contributed by atoms with van der Waals surface area (Å²) in [6.07, 6.45) is 3.67. The molecule has 2 nitrogen and oxygen atoms in total. The lowest BCUT2D eigenvalue weighted by atomic mass is 9.80. The first-order valence-corrected chi connectivity index (χ1v) is 15.1. The van der Waals surface area contributed by atoms with Crippen molar-refractivity contribution in [2.45, 2.75) is 89.8 Å². The van der Waals surface area contributed by atoms with Gasteiger partial charge in [0, 0.05) is 6.61 Å². The number of hydrogen-bond acceptors (Lipinski definition) is 2. The first-order chi connectivity index (χ1) is 9.74. The first kappa shape index (κ1) is 20.0. The van der Waals surface area contributed by atoms with Gasteiger partial charge in [-0.15, -0.1) is 5.54 Å². The van der Waals surface area contributed by atoms with E-state index in [2.05, 4.69) is 65.0 Å². The van der Waals surface area contributed by atoms with Crippen molar-refractivity contribution in [1.29, 1.82) is 0 Å². The summed E-state index contributed by atoms with van der Waals surface area (Å²) < 4.78 is 6.34. The van der Waals surface area contributed by atoms with Gasteiger partial charge in [-0.3, -0.25) is 0 Å². The van der Waals surface area contributed by atoms with Crippen LogP contribution in [0.4, 0.5) is 0 Å². The molecular weight excluding hydrogens is 304 g/mol. The molecule has 0 aromatic carbocycles. The summed E-state index contributed by atoms with van der Waals surface area (Å²) in [4.78, 5) is 0. The third-order valence-electron chi connectivity index (χ3n) is 5.09. The van der Waals surface area contributed by atoms with Gasteiger partial charge in [0.05, 0.1) is 0 Å². The van der Waals surface area contributed by atoms with Crippen molar-refractivity contribution in [3.8, 4) is 11.5 Å². The molecule has 0 saturated heterocycles. The molecule has 0 aromatic heterocycles. The summed E-state index contributed by atoms with van der Waals surface area (Å²) >= 11 is 0. The predicted molar refractivity (Wildman–Crippen MR) is 101 cm³/mol. The molecule has 0 bridgehead atoms. The molecule has 1 aliphatic rings. The molecule has 0 radical (unpaired) electrons. The zero-order valence-corrected chi connectivity index (χ0v) is 18.0. The van der Waals surface area contributed by atoms with Gasteiger partial charge in [0.15, 0.2) is 8.32 Å². The van der Waals surface area contributed by atoms with Crippen LogP contribution in [0.1, 0.15) is 46.5 Å². The first-order valence-electron chi connectivity index (χ1n) is 8.65. The van der Waals surface area contributed by atoms with Crippen molar-refractivity contribution in [3.05, 3.63) is 0 Å². The molecular formula is C18H36O2Si2. The SMILES string of the molecule is CC(C)(C)[Si](C)(C)OCC1CCC(O)(C#C[Si](C)(C)C)CC1. The highest BCUT2D eigenvalue weighted by Crippen LogP contribution is 2.38. The van der Waals surface area contributed by atoms with Crippen LogP contribution in [0.25, 0.3) is 0 Å². The van der Waals surface area contributed by atoms with E-state index < -0.39 is 22.0 Å². The molecule has 0 atom stereocenters. The van der Waals surface area contributed by atoms with Gasteiger partial charge in [0.2, 0.25) is 0 Å². The van der Waals surface area contributed by atoms with Crippen molar-refractivity contribution >= 4 is 16.4 Å². The quantitative estimate of drug-likeness (QED) is 0.590. The Kier molecular flexibility index (Phi) is 6.17. The molecule has 1 fully saturated rings. The van der Waals surface area contributed by atoms with Crippen LogP contribution >= 0.6 is 0 Å². The van der Waals surface area contributed by atoms with Crippen molar-refractivity contribution in [2.75, 3.05) is 6.61 Å². The van der Waals surface area contributed by atoms with Crippen LogP contribution in [-0.4, -0.2) is 33.7 Å². The van der Waals surface area contributed by atoms with Crippen molar-refractivity contribution in [1.82, 2.24) is 0 Å². The lowest BCUT2D eigenvalue weighted by molar-refractivity contribution is 0.0338. The fourth-order valence-corrected chi connectivity index (χ4v) is 3.99. The Morgan fingerprint density at radius 1 is 1.09 bits per heavy atom. The van der Waals surface area contributed by atoms with E-state index in [1.807, 2.05) is 0 Å². The number of hydrogen-bond donors (Lipinski definition) is 1. The zero-order valence-electron chi connectivity index (χ0n) is 16.0. The van der Waals surface area contributed by atoms with E-state index in [0.29, 0.717) is 5.92 Å². The van der Waals surface area contributed by atoms with Crippen LogP contribution in [-0.2, 0) is 4.43 Å². The lowest BCUT2D eigenvalue weighted by Crippen LogP contribution is -2.43. The molecule has 4 heteroatoms. The largest absolute Gasteiger partial charge is 0.417 e. The van der Waals surface area contributed by atoms with Gasteiger partial charge < -0.3 is 9.53 Å². The Balaban J connectivity index is 2.51. The van der Waals surface area contributed by atoms with E-state index in [1.54, 1.807) is 0 Å². The van der Waals surface area contributed by atoms with E-state index in [9.17, 15) is 5.11 Å². The summed E-state index contributed by atoms with van der Waals surface area (Å²) in [6.45, 7) is 19.0. The van der Waals surface area contributed by atoms with E-state index in [-0.39, 0.29) is 5.04 Å².